The number of nitrogens with zero attached hydrogens (tertiary/aromatic N) is 2. The molecule has 0 amide bonds. The topological polar surface area (TPSA) is 17.8 Å². The van der Waals surface area contributed by atoms with Crippen molar-refractivity contribution in [3.8, 4) is 0 Å². The number of rotatable bonds is 20. The van der Waals surface area contributed by atoms with Crippen molar-refractivity contribution in [2.75, 3.05) is 0 Å². The smallest absolute Gasteiger partial charge is 0.0948 e. The van der Waals surface area contributed by atoms with Gasteiger partial charge in [0.2, 0.25) is 0 Å². The molecule has 0 spiro atoms. The minimum atomic E-state index is 0.577. The van der Waals surface area contributed by atoms with Crippen LogP contribution in [0.15, 0.2) is 49.1 Å². The summed E-state index contributed by atoms with van der Waals surface area (Å²) in [7, 11) is 0. The van der Waals surface area contributed by atoms with E-state index in [9.17, 15) is 0 Å². The molecule has 2 heteroatoms. The molecular weight excluding hydrogens is 388 g/mol. The number of aromatic nitrogens is 2. The van der Waals surface area contributed by atoms with Crippen LogP contribution < -0.4 is 0 Å². The Balaban J connectivity index is 1.85. The molecule has 32 heavy (non-hydrogen) atoms. The number of hydrogen-bond donors (Lipinski definition) is 0. The molecule has 1 aromatic carbocycles. The van der Waals surface area contributed by atoms with Crippen molar-refractivity contribution < 1.29 is 0 Å². The lowest BCUT2D eigenvalue weighted by Crippen LogP contribution is -2.21. The highest BCUT2D eigenvalue weighted by Gasteiger charge is 2.22. The van der Waals surface area contributed by atoms with Crippen molar-refractivity contribution in [3.05, 3.63) is 54.6 Å². The Morgan fingerprint density at radius 1 is 0.688 bits per heavy atom. The molecule has 0 aliphatic heterocycles. The van der Waals surface area contributed by atoms with Gasteiger partial charge >= 0.3 is 0 Å². The molecule has 2 aromatic rings. The van der Waals surface area contributed by atoms with Crippen molar-refractivity contribution in [2.24, 2.45) is 5.92 Å². The van der Waals surface area contributed by atoms with Crippen LogP contribution in [0.5, 0.6) is 0 Å². The summed E-state index contributed by atoms with van der Waals surface area (Å²) in [5, 5.41) is 0. The summed E-state index contributed by atoms with van der Waals surface area (Å²) in [6, 6.07) is 11.7. The third-order valence-corrected chi connectivity index (χ3v) is 7.07. The number of imidazole rings is 1. The number of unbranched alkanes of at least 4 members (excludes halogenated alkanes) is 12. The van der Waals surface area contributed by atoms with Crippen LogP contribution in [0.3, 0.4) is 0 Å². The molecule has 0 N–H and O–H groups in total. The largest absolute Gasteiger partial charge is 0.334 e. The lowest BCUT2D eigenvalue weighted by atomic mass is 9.84. The summed E-state index contributed by atoms with van der Waals surface area (Å²) in [4.78, 5) is 4.40. The first kappa shape index (κ1) is 26.7. The molecule has 0 radical (unpaired) electrons. The van der Waals surface area contributed by atoms with Gasteiger partial charge in [-0.25, -0.2) is 4.98 Å². The third-order valence-electron chi connectivity index (χ3n) is 7.07. The van der Waals surface area contributed by atoms with Gasteiger partial charge in [0.1, 0.15) is 0 Å². The van der Waals surface area contributed by atoms with E-state index < -0.39 is 0 Å². The fourth-order valence-corrected chi connectivity index (χ4v) is 5.12. The van der Waals surface area contributed by atoms with Gasteiger partial charge in [0.05, 0.1) is 6.33 Å². The molecule has 0 fully saturated rings. The second-order valence-corrected chi connectivity index (χ2v) is 9.85. The monoisotopic (exact) mass is 438 g/mol. The zero-order chi connectivity index (χ0) is 22.7. The van der Waals surface area contributed by atoms with Crippen molar-refractivity contribution in [3.63, 3.8) is 0 Å². The lowest BCUT2D eigenvalue weighted by Gasteiger charge is -2.29. The van der Waals surface area contributed by atoms with Gasteiger partial charge in [0.15, 0.2) is 0 Å². The summed E-state index contributed by atoms with van der Waals surface area (Å²) in [5.74, 6) is 0.697. The molecule has 0 aliphatic carbocycles. The van der Waals surface area contributed by atoms with Gasteiger partial charge in [-0.3, -0.25) is 0 Å². The van der Waals surface area contributed by atoms with Gasteiger partial charge in [-0.2, -0.15) is 0 Å². The van der Waals surface area contributed by atoms with Gasteiger partial charge < -0.3 is 4.57 Å². The zero-order valence-electron chi connectivity index (χ0n) is 21.2. The van der Waals surface area contributed by atoms with Crippen LogP contribution in [0.4, 0.5) is 0 Å². The highest BCUT2D eigenvalue weighted by molar-refractivity contribution is 5.15. The number of benzene rings is 1. The van der Waals surface area contributed by atoms with Crippen LogP contribution >= 0.6 is 0 Å². The van der Waals surface area contributed by atoms with Crippen LogP contribution in [-0.2, 0) is 6.42 Å². The molecule has 2 nitrogen and oxygen atoms in total. The fourth-order valence-electron chi connectivity index (χ4n) is 5.12. The fraction of sp³-hybridized carbons (Fsp3) is 0.700. The molecule has 0 bridgehead atoms. The molecule has 180 valence electrons. The zero-order valence-corrected chi connectivity index (χ0v) is 21.2. The van der Waals surface area contributed by atoms with Gasteiger partial charge in [-0.05, 0) is 30.7 Å². The summed E-state index contributed by atoms with van der Waals surface area (Å²) in [6.45, 7) is 4.60. The van der Waals surface area contributed by atoms with Crippen LogP contribution in [0.1, 0.15) is 128 Å². The van der Waals surface area contributed by atoms with Gasteiger partial charge in [-0.15, -0.1) is 0 Å². The predicted molar refractivity (Wildman–Crippen MR) is 140 cm³/mol. The van der Waals surface area contributed by atoms with E-state index in [4.69, 9.17) is 0 Å². The Hall–Kier alpha value is -1.57. The van der Waals surface area contributed by atoms with E-state index in [1.807, 2.05) is 6.20 Å². The van der Waals surface area contributed by atoms with E-state index in [1.54, 1.807) is 0 Å². The Morgan fingerprint density at radius 3 is 1.84 bits per heavy atom. The maximum Gasteiger partial charge on any atom is 0.0948 e. The second-order valence-electron chi connectivity index (χ2n) is 9.85. The highest BCUT2D eigenvalue weighted by Crippen LogP contribution is 2.32. The quantitative estimate of drug-likeness (QED) is 0.188. The summed E-state index contributed by atoms with van der Waals surface area (Å²) < 4.78 is 2.41. The maximum absolute atomic E-state index is 4.40. The first-order valence-corrected chi connectivity index (χ1v) is 13.9. The molecule has 0 saturated heterocycles. The van der Waals surface area contributed by atoms with Gasteiger partial charge in [0, 0.05) is 18.4 Å². The second kappa shape index (κ2) is 17.9. The van der Waals surface area contributed by atoms with Crippen LogP contribution in [0.2, 0.25) is 0 Å². The molecule has 2 rings (SSSR count). The summed E-state index contributed by atoms with van der Waals surface area (Å²) >= 11 is 0. The average molecular weight is 439 g/mol. The molecule has 2 atom stereocenters. The van der Waals surface area contributed by atoms with E-state index in [-0.39, 0.29) is 0 Å². The summed E-state index contributed by atoms with van der Waals surface area (Å²) in [6.07, 6.45) is 29.5. The first-order chi connectivity index (χ1) is 15.8. The molecule has 1 aromatic heterocycles. The van der Waals surface area contributed by atoms with Gasteiger partial charge in [-0.1, -0.05) is 134 Å². The lowest BCUT2D eigenvalue weighted by molar-refractivity contribution is 0.275. The molecule has 2 unspecified atom stereocenters. The maximum atomic E-state index is 4.40. The van der Waals surface area contributed by atoms with Gasteiger partial charge in [0.25, 0.3) is 0 Å². The van der Waals surface area contributed by atoms with Crippen molar-refractivity contribution in [2.45, 2.75) is 129 Å². The van der Waals surface area contributed by atoms with Crippen LogP contribution in [0, 0.1) is 5.92 Å². The standard InChI is InChI=1S/C30H50N2/c1-3-5-7-9-10-11-12-13-14-18-22-29(26-28-20-16-15-17-21-28)30(23-19-8-6-4-2)32-25-24-31-27-32/h15-17,20-21,24-25,27,29-30H,3-14,18-19,22-23,26H2,1-2H3. The summed E-state index contributed by atoms with van der Waals surface area (Å²) in [5.41, 5.74) is 1.49. The average Bonchev–Trinajstić information content (AvgIpc) is 3.35. The van der Waals surface area contributed by atoms with E-state index in [0.717, 1.165) is 0 Å². The molecule has 1 heterocycles. The minimum Gasteiger partial charge on any atom is -0.334 e. The van der Waals surface area contributed by atoms with Crippen molar-refractivity contribution in [1.82, 2.24) is 9.55 Å². The normalized spacial score (nSPS) is 13.3. The van der Waals surface area contributed by atoms with E-state index in [1.165, 1.54) is 115 Å². The van der Waals surface area contributed by atoms with Crippen molar-refractivity contribution in [1.29, 1.82) is 0 Å². The Labute approximate surface area is 199 Å². The Kier molecular flexibility index (Phi) is 14.9. The molecular formula is C30H50N2. The molecule has 0 saturated carbocycles. The number of hydrogen-bond acceptors (Lipinski definition) is 1. The van der Waals surface area contributed by atoms with E-state index >= 15 is 0 Å². The van der Waals surface area contributed by atoms with E-state index in [0.29, 0.717) is 12.0 Å². The first-order valence-electron chi connectivity index (χ1n) is 13.9. The SMILES string of the molecule is CCCCCCCCCCCCC(Cc1ccccc1)C(CCCCCC)n1ccnc1. The van der Waals surface area contributed by atoms with Crippen molar-refractivity contribution >= 4 is 0 Å². The third kappa shape index (κ3) is 11.3. The Bertz CT molecular complexity index is 634. The highest BCUT2D eigenvalue weighted by atomic mass is 15.1. The predicted octanol–water partition coefficient (Wildman–Crippen LogP) is 9.56. The molecule has 0 aliphatic rings. The van der Waals surface area contributed by atoms with Crippen LogP contribution in [-0.4, -0.2) is 9.55 Å². The minimum absolute atomic E-state index is 0.577. The Morgan fingerprint density at radius 2 is 1.25 bits per heavy atom. The van der Waals surface area contributed by atoms with E-state index in [2.05, 4.69) is 66.3 Å². The van der Waals surface area contributed by atoms with Crippen LogP contribution in [0.25, 0.3) is 0 Å².